The second-order valence-electron chi connectivity index (χ2n) is 28.2. The van der Waals surface area contributed by atoms with Crippen LogP contribution in [-0.2, 0) is 70.1 Å². The molecule has 1 unspecified atom stereocenters. The number of aryl methyl sites for hydroxylation is 1. The van der Waals surface area contributed by atoms with Crippen LogP contribution in [0.15, 0.2) is 18.2 Å². The van der Waals surface area contributed by atoms with E-state index in [4.69, 9.17) is 11.6 Å². The Kier molecular flexibility index (Phi) is 27.2. The van der Waals surface area contributed by atoms with Crippen LogP contribution in [0.4, 0.5) is 13.2 Å². The number of likely N-dealkylation sites (N-methyl/N-ethyl adjacent to an activating group) is 7. The van der Waals surface area contributed by atoms with E-state index in [0.717, 1.165) is 71.8 Å². The number of hydrogen-bond donors (Lipinski definition) is 3. The van der Waals surface area contributed by atoms with Gasteiger partial charge in [0, 0.05) is 69.0 Å². The van der Waals surface area contributed by atoms with Crippen molar-refractivity contribution in [1.82, 2.24) is 60.0 Å². The van der Waals surface area contributed by atoms with Gasteiger partial charge in [0.05, 0.1) is 36.6 Å². The van der Waals surface area contributed by atoms with Crippen molar-refractivity contribution in [2.45, 2.75) is 222 Å². The van der Waals surface area contributed by atoms with E-state index in [0.29, 0.717) is 70.0 Å². The molecule has 3 aliphatic heterocycles. The third-order valence-electron chi connectivity index (χ3n) is 21.5. The molecule has 3 aliphatic carbocycles. The van der Waals surface area contributed by atoms with E-state index in [-0.39, 0.29) is 57.4 Å². The Morgan fingerprint density at radius 3 is 1.85 bits per heavy atom. The summed E-state index contributed by atoms with van der Waals surface area (Å²) in [6.45, 7) is 4.39. The molecule has 7 rings (SSSR count). The highest BCUT2D eigenvalue weighted by Crippen LogP contribution is 2.38. The summed E-state index contributed by atoms with van der Waals surface area (Å²) >= 11 is 6.14. The molecule has 24 nitrogen and oxygen atoms in total. The number of likely N-dealkylation sites (tertiary alicyclic amines) is 1. The molecule has 540 valence electrons. The summed E-state index contributed by atoms with van der Waals surface area (Å²) < 4.78 is 41.5. The van der Waals surface area contributed by atoms with Gasteiger partial charge in [0.25, 0.3) is 0 Å². The molecule has 0 bridgehead atoms. The summed E-state index contributed by atoms with van der Waals surface area (Å²) in [7, 11) is 9.93. The average Bonchev–Trinajstić information content (AvgIpc) is 1.75. The standard InChI is InChI=1S/C69H104ClF3N12O12/c1-11-43(3)58-65(95)79(6)41-56(88)77(4)42-57(89)81(8)52(38-44-23-16-17-24-44)63(93)78(5)40-54(86)74-49(31-29-45-28-30-47(48(70)37-45)69(71,72)73)62(92)85-36-22-27-51(85)61(91)76-68(32-18-19-33-68)67(97)83(10)59(46-25-14-13-15-26-46)66(96)82(9)53(64(94)84-34-20-21-35-84)39-55(87)80(7)50(12-2)60(90)75-58/h28,30,37,43-44,46,49-53,58-59H,11-27,29,31-36,38-42H2,1-10H3,(H,74,86)(H,75,90)(H,76,91)/t43-,49-,50-,51?,52-,53-,58-,59-/m0/s1. The van der Waals surface area contributed by atoms with E-state index in [9.17, 15) is 51.5 Å². The molecule has 1 spiro atoms. The molecule has 3 heterocycles. The van der Waals surface area contributed by atoms with Crippen LogP contribution in [0.5, 0.6) is 0 Å². The zero-order valence-electron chi connectivity index (χ0n) is 58.4. The van der Waals surface area contributed by atoms with Gasteiger partial charge >= 0.3 is 6.18 Å². The first-order chi connectivity index (χ1) is 45.8. The maximum Gasteiger partial charge on any atom is 0.417 e. The van der Waals surface area contributed by atoms with E-state index in [1.165, 1.54) is 79.9 Å². The molecular weight excluding hydrogens is 1280 g/mol. The summed E-state index contributed by atoms with van der Waals surface area (Å²) in [5.74, 6) is -8.54. The highest BCUT2D eigenvalue weighted by Gasteiger charge is 2.51. The monoisotopic (exact) mass is 1380 g/mol. The van der Waals surface area contributed by atoms with Crippen LogP contribution in [0.1, 0.15) is 173 Å². The van der Waals surface area contributed by atoms with E-state index < -0.39 is 173 Å². The van der Waals surface area contributed by atoms with Gasteiger partial charge in [-0.3, -0.25) is 57.5 Å². The maximum atomic E-state index is 15.7. The number of amides is 12. The minimum Gasteiger partial charge on any atom is -0.343 e. The molecule has 97 heavy (non-hydrogen) atoms. The van der Waals surface area contributed by atoms with E-state index >= 15 is 19.2 Å². The number of carbonyl (C=O) groups is 12. The highest BCUT2D eigenvalue weighted by atomic mass is 35.5. The fourth-order valence-corrected chi connectivity index (χ4v) is 15.6. The Labute approximate surface area is 574 Å². The van der Waals surface area contributed by atoms with Crippen LogP contribution in [0.25, 0.3) is 0 Å². The van der Waals surface area contributed by atoms with Gasteiger partial charge in [0.15, 0.2) is 0 Å². The van der Waals surface area contributed by atoms with Crippen LogP contribution in [-0.4, -0.2) is 251 Å². The third kappa shape index (κ3) is 18.8. The second-order valence-corrected chi connectivity index (χ2v) is 28.7. The molecule has 0 radical (unpaired) electrons. The van der Waals surface area contributed by atoms with Crippen molar-refractivity contribution in [3.63, 3.8) is 0 Å². The summed E-state index contributed by atoms with van der Waals surface area (Å²) in [5.41, 5.74) is -2.33. The summed E-state index contributed by atoms with van der Waals surface area (Å²) in [5, 5.41) is 8.10. The topological polar surface area (TPSA) is 270 Å². The van der Waals surface area contributed by atoms with Gasteiger partial charge in [0.1, 0.15) is 47.8 Å². The lowest BCUT2D eigenvalue weighted by molar-refractivity contribution is -0.156. The number of alkyl halides is 3. The van der Waals surface area contributed by atoms with Crippen LogP contribution < -0.4 is 16.0 Å². The van der Waals surface area contributed by atoms with Gasteiger partial charge in [-0.15, -0.1) is 0 Å². The summed E-state index contributed by atoms with van der Waals surface area (Å²) in [4.78, 5) is 189. The molecule has 12 amide bonds. The van der Waals surface area contributed by atoms with E-state index in [1.807, 2.05) is 6.92 Å². The number of nitrogens with zero attached hydrogens (tertiary/aromatic N) is 9. The smallest absolute Gasteiger partial charge is 0.343 e. The minimum atomic E-state index is -4.76. The van der Waals surface area contributed by atoms with Crippen molar-refractivity contribution < 1.29 is 70.7 Å². The first-order valence-corrected chi connectivity index (χ1v) is 35.4. The van der Waals surface area contributed by atoms with Crippen LogP contribution in [0.3, 0.4) is 0 Å². The lowest BCUT2D eigenvalue weighted by atomic mass is 9.81. The SMILES string of the molecule is CC[C@H](C)[C@@H]1NC(=O)[C@H](CC)N(C)C(=O)C[C@@H](C(=O)N2CCCC2)N(C)C(=O)[C@H](C2CCCCC2)N(C)C(=O)C2(CCCC2)NC(=O)C2CCCN2C(=O)[C@H](CCc2ccc(C(F)(F)F)c(Cl)c2)NC(=O)CN(C)C(=O)[C@H](CC2CCCC2)N(C)C(=O)CN(C)C(=O)CN(C)C1=O. The molecule has 6 aliphatic rings. The molecule has 6 fully saturated rings. The zero-order valence-corrected chi connectivity index (χ0v) is 59.2. The van der Waals surface area contributed by atoms with E-state index in [1.54, 1.807) is 18.7 Å². The summed E-state index contributed by atoms with van der Waals surface area (Å²) in [6.07, 6.45) is 5.23. The maximum absolute atomic E-state index is 15.7. The number of nitrogens with one attached hydrogen (secondary N) is 3. The van der Waals surface area contributed by atoms with Crippen molar-refractivity contribution in [3.8, 4) is 0 Å². The molecule has 28 heteroatoms. The van der Waals surface area contributed by atoms with Gasteiger partial charge < -0.3 is 60.0 Å². The van der Waals surface area contributed by atoms with E-state index in [2.05, 4.69) is 16.0 Å². The van der Waals surface area contributed by atoms with Crippen LogP contribution >= 0.6 is 11.6 Å². The first-order valence-electron chi connectivity index (χ1n) is 35.0. The Bertz CT molecular complexity index is 3040. The molecular formula is C69H104ClF3N12O12. The van der Waals surface area contributed by atoms with Gasteiger partial charge in [-0.25, -0.2) is 0 Å². The quantitative estimate of drug-likeness (QED) is 0.279. The van der Waals surface area contributed by atoms with Crippen LogP contribution in [0.2, 0.25) is 5.02 Å². The lowest BCUT2D eigenvalue weighted by Gasteiger charge is -2.43. The number of rotatable bonds is 10. The largest absolute Gasteiger partial charge is 0.417 e. The van der Waals surface area contributed by atoms with Crippen molar-refractivity contribution in [3.05, 3.63) is 34.3 Å². The fourth-order valence-electron chi connectivity index (χ4n) is 15.2. The van der Waals surface area contributed by atoms with Crippen molar-refractivity contribution in [1.29, 1.82) is 0 Å². The van der Waals surface area contributed by atoms with Crippen molar-refractivity contribution >= 4 is 82.5 Å². The van der Waals surface area contributed by atoms with Crippen molar-refractivity contribution in [2.24, 2.45) is 17.8 Å². The molecule has 1 aromatic carbocycles. The Balaban J connectivity index is 1.27. The Hall–Kier alpha value is -7.06. The second kappa shape index (κ2) is 34.1. The Morgan fingerprint density at radius 2 is 1.24 bits per heavy atom. The third-order valence-corrected chi connectivity index (χ3v) is 21.9. The Morgan fingerprint density at radius 1 is 0.629 bits per heavy atom. The molecule has 1 aromatic rings. The number of carbonyl (C=O) groups excluding carboxylic acids is 12. The number of benzene rings is 1. The molecule has 8 atom stereocenters. The van der Waals surface area contributed by atoms with Gasteiger partial charge in [-0.1, -0.05) is 103 Å². The van der Waals surface area contributed by atoms with Gasteiger partial charge in [-0.05, 0) is 112 Å². The highest BCUT2D eigenvalue weighted by molar-refractivity contribution is 6.31. The lowest BCUT2D eigenvalue weighted by Crippen LogP contribution is -2.65. The molecule has 0 aromatic heterocycles. The fraction of sp³-hybridized carbons (Fsp3) is 0.739. The van der Waals surface area contributed by atoms with Gasteiger partial charge in [-0.2, -0.15) is 13.2 Å². The van der Waals surface area contributed by atoms with Crippen molar-refractivity contribution in [2.75, 3.05) is 88.6 Å². The van der Waals surface area contributed by atoms with Gasteiger partial charge in [0.2, 0.25) is 70.9 Å². The molecule has 3 saturated carbocycles. The normalized spacial score (nSPS) is 27.1. The predicted molar refractivity (Wildman–Crippen MR) is 355 cm³/mol. The molecule has 3 saturated heterocycles. The number of fused-ring (bicyclic) bond motifs is 1. The predicted octanol–water partition coefficient (Wildman–Crippen LogP) is 5.01. The summed E-state index contributed by atoms with van der Waals surface area (Å²) in [6, 6.07) is -5.47. The number of halogens is 4. The first kappa shape index (κ1) is 77.3. The van der Waals surface area contributed by atoms with Crippen LogP contribution in [0, 0.1) is 17.8 Å². The zero-order chi connectivity index (χ0) is 71.4. The molecule has 3 N–H and O–H groups in total. The average molecular weight is 1390 g/mol. The number of hydrogen-bond acceptors (Lipinski definition) is 12. The minimum absolute atomic E-state index is 0.0324.